The minimum absolute atomic E-state index is 0.103. The van der Waals surface area contributed by atoms with E-state index in [1.54, 1.807) is 35.5 Å². The second-order valence-corrected chi connectivity index (χ2v) is 9.62. The maximum atomic E-state index is 6.63. The summed E-state index contributed by atoms with van der Waals surface area (Å²) >= 11 is 5.21. The van der Waals surface area contributed by atoms with E-state index < -0.39 is 0 Å². The summed E-state index contributed by atoms with van der Waals surface area (Å²) in [5.41, 5.74) is 8.46. The van der Waals surface area contributed by atoms with Crippen molar-refractivity contribution >= 4 is 34.9 Å². The van der Waals surface area contributed by atoms with E-state index in [1.165, 1.54) is 12.8 Å². The molecule has 1 aliphatic heterocycles. The lowest BCUT2D eigenvalue weighted by Crippen LogP contribution is -2.18. The number of hydrogen-bond donors (Lipinski definition) is 1. The predicted octanol–water partition coefficient (Wildman–Crippen LogP) is 3.97. The van der Waals surface area contributed by atoms with Gasteiger partial charge in [-0.1, -0.05) is 25.1 Å². The SMILES string of the molecule is CCCCSC1Sc2nc(-c3nccs3)nc(-c3nccn3C)c2C1N. The summed E-state index contributed by atoms with van der Waals surface area (Å²) < 4.78 is 2.24. The van der Waals surface area contributed by atoms with Gasteiger partial charge in [0.2, 0.25) is 0 Å². The molecule has 2 atom stereocenters. The van der Waals surface area contributed by atoms with Gasteiger partial charge in [0.25, 0.3) is 0 Å². The summed E-state index contributed by atoms with van der Waals surface area (Å²) in [6, 6.07) is -0.103. The summed E-state index contributed by atoms with van der Waals surface area (Å²) in [6.07, 6.45) is 7.88. The molecule has 0 bridgehead atoms. The molecule has 9 heteroatoms. The lowest BCUT2D eigenvalue weighted by molar-refractivity contribution is 0.779. The van der Waals surface area contributed by atoms with Crippen molar-refractivity contribution in [1.29, 1.82) is 0 Å². The van der Waals surface area contributed by atoms with E-state index in [0.29, 0.717) is 5.82 Å². The van der Waals surface area contributed by atoms with Gasteiger partial charge in [0.1, 0.15) is 10.7 Å². The van der Waals surface area contributed by atoms with E-state index in [2.05, 4.69) is 16.9 Å². The monoisotopic (exact) mass is 404 g/mol. The minimum Gasteiger partial charge on any atom is -0.333 e. The molecule has 0 spiro atoms. The van der Waals surface area contributed by atoms with E-state index >= 15 is 0 Å². The van der Waals surface area contributed by atoms with Crippen LogP contribution in [0.5, 0.6) is 0 Å². The minimum atomic E-state index is -0.103. The van der Waals surface area contributed by atoms with E-state index in [0.717, 1.165) is 32.9 Å². The van der Waals surface area contributed by atoms with Crippen molar-refractivity contribution in [3.63, 3.8) is 0 Å². The highest BCUT2D eigenvalue weighted by atomic mass is 32.2. The first-order chi connectivity index (χ1) is 12.7. The Kier molecular flexibility index (Phi) is 5.30. The first kappa shape index (κ1) is 18.0. The van der Waals surface area contributed by atoms with Crippen LogP contribution >= 0.6 is 34.9 Å². The number of thiazole rings is 1. The molecule has 0 amide bonds. The number of rotatable bonds is 6. The molecule has 1 aliphatic rings. The number of nitrogens with zero attached hydrogens (tertiary/aromatic N) is 5. The number of aromatic nitrogens is 5. The molecule has 26 heavy (non-hydrogen) atoms. The molecule has 3 aromatic heterocycles. The largest absolute Gasteiger partial charge is 0.333 e. The molecule has 4 rings (SSSR count). The number of aryl methyl sites for hydroxylation is 1. The Bertz CT molecular complexity index is 892. The molecular weight excluding hydrogens is 384 g/mol. The van der Waals surface area contributed by atoms with Crippen LogP contribution in [0.15, 0.2) is 29.0 Å². The highest BCUT2D eigenvalue weighted by Gasteiger charge is 2.37. The van der Waals surface area contributed by atoms with Crippen LogP contribution < -0.4 is 5.73 Å². The van der Waals surface area contributed by atoms with Crippen molar-refractivity contribution in [1.82, 2.24) is 24.5 Å². The van der Waals surface area contributed by atoms with E-state index in [-0.39, 0.29) is 10.6 Å². The number of fused-ring (bicyclic) bond motifs is 1. The van der Waals surface area contributed by atoms with Crippen molar-refractivity contribution in [2.24, 2.45) is 12.8 Å². The molecule has 0 saturated carbocycles. The maximum absolute atomic E-state index is 6.63. The van der Waals surface area contributed by atoms with Crippen molar-refractivity contribution < 1.29 is 0 Å². The number of hydrogen-bond acceptors (Lipinski definition) is 8. The molecule has 6 nitrogen and oxygen atoms in total. The fourth-order valence-electron chi connectivity index (χ4n) is 2.83. The lowest BCUT2D eigenvalue weighted by Gasteiger charge is -2.15. The number of thioether (sulfide) groups is 2. The molecule has 0 aliphatic carbocycles. The summed E-state index contributed by atoms with van der Waals surface area (Å²) in [5.74, 6) is 2.58. The van der Waals surface area contributed by atoms with Crippen LogP contribution in [0.25, 0.3) is 22.4 Å². The predicted molar refractivity (Wildman–Crippen MR) is 109 cm³/mol. The van der Waals surface area contributed by atoms with Crippen molar-refractivity contribution in [3.05, 3.63) is 29.5 Å². The fourth-order valence-corrected chi connectivity index (χ4v) is 6.27. The standard InChI is InChI=1S/C17H20N6S3/c1-3-4-8-25-17-11(18)10-12(14-19-5-7-23(14)2)21-13(22-15(10)26-17)16-20-6-9-24-16/h5-7,9,11,17H,3-4,8,18H2,1-2H3. The first-order valence-electron chi connectivity index (χ1n) is 8.52. The zero-order valence-electron chi connectivity index (χ0n) is 14.6. The zero-order chi connectivity index (χ0) is 18.1. The number of nitrogens with two attached hydrogens (primary N) is 1. The van der Waals surface area contributed by atoms with Crippen LogP contribution in [-0.4, -0.2) is 34.8 Å². The average Bonchev–Trinajstić information content (AvgIpc) is 3.36. The molecule has 0 fully saturated rings. The molecule has 0 aromatic carbocycles. The molecule has 136 valence electrons. The molecule has 0 radical (unpaired) electrons. The zero-order valence-corrected chi connectivity index (χ0v) is 17.1. The molecule has 4 heterocycles. The Balaban J connectivity index is 1.78. The Morgan fingerprint density at radius 3 is 2.85 bits per heavy atom. The van der Waals surface area contributed by atoms with E-state index in [4.69, 9.17) is 15.7 Å². The van der Waals surface area contributed by atoms with Crippen LogP contribution in [0.2, 0.25) is 0 Å². The van der Waals surface area contributed by atoms with Gasteiger partial charge in [0.05, 0.1) is 10.6 Å². The smallest absolute Gasteiger partial charge is 0.190 e. The first-order valence-corrected chi connectivity index (χ1v) is 11.3. The van der Waals surface area contributed by atoms with Crippen LogP contribution in [0, 0.1) is 0 Å². The fraction of sp³-hybridized carbons (Fsp3) is 0.412. The van der Waals surface area contributed by atoms with Gasteiger partial charge in [0.15, 0.2) is 16.7 Å². The quantitative estimate of drug-likeness (QED) is 0.492. The second kappa shape index (κ2) is 7.67. The van der Waals surface area contributed by atoms with Gasteiger partial charge in [-0.3, -0.25) is 0 Å². The molecular formula is C17H20N6S3. The van der Waals surface area contributed by atoms with Gasteiger partial charge in [-0.05, 0) is 12.2 Å². The third-order valence-electron chi connectivity index (χ3n) is 4.20. The average molecular weight is 405 g/mol. The number of imidazole rings is 1. The molecule has 2 unspecified atom stereocenters. The third kappa shape index (κ3) is 3.28. The summed E-state index contributed by atoms with van der Waals surface area (Å²) in [6.45, 7) is 2.21. The second-order valence-electron chi connectivity index (χ2n) is 6.05. The summed E-state index contributed by atoms with van der Waals surface area (Å²) in [7, 11) is 1.97. The number of unbranched alkanes of at least 4 members (excludes halogenated alkanes) is 1. The van der Waals surface area contributed by atoms with E-state index in [9.17, 15) is 0 Å². The van der Waals surface area contributed by atoms with Gasteiger partial charge < -0.3 is 10.3 Å². The van der Waals surface area contributed by atoms with Gasteiger partial charge in [0, 0.05) is 36.6 Å². The van der Waals surface area contributed by atoms with E-state index in [1.807, 2.05) is 35.0 Å². The Morgan fingerprint density at radius 2 is 2.15 bits per heavy atom. The van der Waals surface area contributed by atoms with Crippen molar-refractivity contribution in [3.8, 4) is 22.4 Å². The maximum Gasteiger partial charge on any atom is 0.190 e. The lowest BCUT2D eigenvalue weighted by atomic mass is 10.1. The topological polar surface area (TPSA) is 82.5 Å². The van der Waals surface area contributed by atoms with Gasteiger partial charge in [-0.25, -0.2) is 19.9 Å². The molecule has 0 saturated heterocycles. The molecule has 2 N–H and O–H groups in total. The van der Waals surface area contributed by atoms with Crippen molar-refractivity contribution in [2.45, 2.75) is 35.4 Å². The Morgan fingerprint density at radius 1 is 1.27 bits per heavy atom. The third-order valence-corrected chi connectivity index (χ3v) is 7.87. The van der Waals surface area contributed by atoms with Gasteiger partial charge >= 0.3 is 0 Å². The van der Waals surface area contributed by atoms with Crippen LogP contribution in [0.3, 0.4) is 0 Å². The van der Waals surface area contributed by atoms with Crippen LogP contribution in [0.1, 0.15) is 31.4 Å². The Labute approximate surface area is 165 Å². The van der Waals surface area contributed by atoms with Crippen molar-refractivity contribution in [2.75, 3.05) is 5.75 Å². The van der Waals surface area contributed by atoms with Crippen LogP contribution in [-0.2, 0) is 7.05 Å². The van der Waals surface area contributed by atoms with Gasteiger partial charge in [-0.2, -0.15) is 0 Å². The summed E-state index contributed by atoms with van der Waals surface area (Å²) in [5, 5.41) is 3.72. The normalized spacial score (nSPS) is 19.0. The highest BCUT2D eigenvalue weighted by Crippen LogP contribution is 2.50. The Hall–Kier alpha value is -1.42. The van der Waals surface area contributed by atoms with Gasteiger partial charge in [-0.15, -0.1) is 23.1 Å². The highest BCUT2D eigenvalue weighted by molar-refractivity contribution is 8.17. The molecule has 3 aromatic rings. The summed E-state index contributed by atoms with van der Waals surface area (Å²) in [4.78, 5) is 18.5. The van der Waals surface area contributed by atoms with Crippen LogP contribution in [0.4, 0.5) is 0 Å².